The third kappa shape index (κ3) is 6.42. The molecule has 0 radical (unpaired) electrons. The minimum atomic E-state index is 0. The first-order valence-electron chi connectivity index (χ1n) is 7.48. The molecule has 5 heteroatoms. The molecule has 4 N–H and O–H groups in total. The standard InChI is InChI=1S/C18H21NO3.BrH/c1-13(12-14-2-6-16(20)7-3-14)19-11-10-18(22)15-4-8-17(21)9-5-15;/h2-9,13,19-21H,10-12H2,1H3;1H. The highest BCUT2D eigenvalue weighted by molar-refractivity contribution is 5.96. The van der Waals surface area contributed by atoms with Crippen molar-refractivity contribution in [3.05, 3.63) is 59.7 Å². The van der Waals surface area contributed by atoms with E-state index in [9.17, 15) is 15.0 Å². The molecule has 0 fully saturated rings. The highest BCUT2D eigenvalue weighted by Gasteiger charge is 2.10. The number of nitrogens with two attached hydrogens (primary N) is 1. The normalized spacial score (nSPS) is 11.5. The predicted molar refractivity (Wildman–Crippen MR) is 85.1 cm³/mol. The molecular weight excluding hydrogens is 358 g/mol. The van der Waals surface area contributed by atoms with E-state index in [2.05, 4.69) is 12.2 Å². The molecule has 0 aliphatic heterocycles. The summed E-state index contributed by atoms with van der Waals surface area (Å²) in [5.74, 6) is 0.540. The smallest absolute Gasteiger partial charge is 0.168 e. The van der Waals surface area contributed by atoms with Crippen LogP contribution in [0.15, 0.2) is 48.5 Å². The van der Waals surface area contributed by atoms with Crippen molar-refractivity contribution in [3.63, 3.8) is 0 Å². The van der Waals surface area contributed by atoms with Crippen LogP contribution in [0.25, 0.3) is 0 Å². The fraction of sp³-hybridized carbons (Fsp3) is 0.278. The lowest BCUT2D eigenvalue weighted by molar-refractivity contribution is -0.684. The highest BCUT2D eigenvalue weighted by Crippen LogP contribution is 2.11. The summed E-state index contributed by atoms with van der Waals surface area (Å²) in [7, 11) is 0. The summed E-state index contributed by atoms with van der Waals surface area (Å²) in [6.07, 6.45) is 1.37. The second-order valence-electron chi connectivity index (χ2n) is 5.59. The number of phenolic OH excluding ortho intramolecular Hbond substituents is 2. The zero-order chi connectivity index (χ0) is 15.9. The summed E-state index contributed by atoms with van der Waals surface area (Å²) >= 11 is 0. The maximum atomic E-state index is 12.0. The Bertz CT molecular complexity index is 611. The van der Waals surface area contributed by atoms with E-state index in [4.69, 9.17) is 0 Å². The molecule has 2 rings (SSSR count). The van der Waals surface area contributed by atoms with Gasteiger partial charge in [0, 0.05) is 12.0 Å². The Hall–Kier alpha value is -1.85. The van der Waals surface area contributed by atoms with E-state index in [0.717, 1.165) is 13.0 Å². The first-order chi connectivity index (χ1) is 10.5. The number of halogens is 1. The molecule has 0 heterocycles. The van der Waals surface area contributed by atoms with Gasteiger partial charge < -0.3 is 32.5 Å². The number of hydrogen-bond donors (Lipinski definition) is 3. The number of quaternary nitrogens is 1. The monoisotopic (exact) mass is 379 g/mol. The van der Waals surface area contributed by atoms with Crippen molar-refractivity contribution in [2.24, 2.45) is 0 Å². The van der Waals surface area contributed by atoms with Gasteiger partial charge in [0.15, 0.2) is 5.78 Å². The fourth-order valence-electron chi connectivity index (χ4n) is 2.38. The predicted octanol–water partition coefficient (Wildman–Crippen LogP) is -1.13. The van der Waals surface area contributed by atoms with Crippen molar-refractivity contribution >= 4 is 5.78 Å². The number of benzene rings is 2. The lowest BCUT2D eigenvalue weighted by atomic mass is 10.1. The summed E-state index contributed by atoms with van der Waals surface area (Å²) in [5, 5.41) is 20.6. The van der Waals surface area contributed by atoms with E-state index < -0.39 is 0 Å². The molecule has 1 atom stereocenters. The summed E-state index contributed by atoms with van der Waals surface area (Å²) in [5.41, 5.74) is 1.81. The van der Waals surface area contributed by atoms with E-state index in [1.54, 1.807) is 24.3 Å². The fourth-order valence-corrected chi connectivity index (χ4v) is 2.38. The Kier molecular flexibility index (Phi) is 7.78. The van der Waals surface area contributed by atoms with Gasteiger partial charge in [-0.15, -0.1) is 0 Å². The zero-order valence-electron chi connectivity index (χ0n) is 13.1. The van der Waals surface area contributed by atoms with E-state index in [1.807, 2.05) is 12.1 Å². The first-order valence-corrected chi connectivity index (χ1v) is 7.48. The third-order valence-corrected chi connectivity index (χ3v) is 3.62. The number of Topliss-reactive ketones (excluding diaryl/α,β-unsaturated/α-hetero) is 1. The molecule has 0 amide bonds. The maximum absolute atomic E-state index is 12.0. The quantitative estimate of drug-likeness (QED) is 0.533. The topological polar surface area (TPSA) is 74.1 Å². The van der Waals surface area contributed by atoms with Gasteiger partial charge in [0.25, 0.3) is 0 Å². The van der Waals surface area contributed by atoms with Crippen LogP contribution in [0.5, 0.6) is 11.5 Å². The lowest BCUT2D eigenvalue weighted by Gasteiger charge is -2.10. The average Bonchev–Trinajstić information content (AvgIpc) is 2.50. The van der Waals surface area contributed by atoms with E-state index in [-0.39, 0.29) is 34.3 Å². The van der Waals surface area contributed by atoms with Crippen LogP contribution in [0.2, 0.25) is 0 Å². The van der Waals surface area contributed by atoms with Gasteiger partial charge in [0.05, 0.1) is 19.0 Å². The van der Waals surface area contributed by atoms with Crippen LogP contribution in [0.3, 0.4) is 0 Å². The molecule has 2 aromatic rings. The van der Waals surface area contributed by atoms with Crippen LogP contribution in [0, 0.1) is 0 Å². The highest BCUT2D eigenvalue weighted by atomic mass is 79.9. The summed E-state index contributed by atoms with van der Waals surface area (Å²) in [4.78, 5) is 12.0. The Morgan fingerprint density at radius 2 is 1.52 bits per heavy atom. The first kappa shape index (κ1) is 19.2. The molecule has 4 nitrogen and oxygen atoms in total. The van der Waals surface area contributed by atoms with Gasteiger partial charge in [0.1, 0.15) is 11.5 Å². The molecule has 0 saturated heterocycles. The van der Waals surface area contributed by atoms with Crippen LogP contribution >= 0.6 is 0 Å². The molecular formula is C18H22BrNO3. The van der Waals surface area contributed by atoms with Crippen molar-refractivity contribution < 1.29 is 37.3 Å². The minimum absolute atomic E-state index is 0. The third-order valence-electron chi connectivity index (χ3n) is 3.62. The molecule has 124 valence electrons. The lowest BCUT2D eigenvalue weighted by Crippen LogP contribution is -3.00. The van der Waals surface area contributed by atoms with Gasteiger partial charge in [-0.1, -0.05) is 12.1 Å². The molecule has 0 aliphatic rings. The molecule has 0 aliphatic carbocycles. The summed E-state index contributed by atoms with van der Waals surface area (Å²) < 4.78 is 0. The number of hydrogen-bond acceptors (Lipinski definition) is 3. The van der Waals surface area contributed by atoms with Gasteiger partial charge in [-0.2, -0.15) is 0 Å². The Morgan fingerprint density at radius 3 is 2.09 bits per heavy atom. The number of rotatable bonds is 7. The van der Waals surface area contributed by atoms with Crippen LogP contribution in [-0.4, -0.2) is 28.6 Å². The molecule has 0 bridgehead atoms. The van der Waals surface area contributed by atoms with Crippen molar-refractivity contribution in [1.29, 1.82) is 0 Å². The SMILES string of the molecule is CC(Cc1ccc(O)cc1)[NH2+]CCC(=O)c1ccc(O)cc1.[Br-]. The number of phenols is 2. The molecule has 0 spiro atoms. The van der Waals surface area contributed by atoms with E-state index in [0.29, 0.717) is 18.0 Å². The second-order valence-corrected chi connectivity index (χ2v) is 5.59. The van der Waals surface area contributed by atoms with Crippen LogP contribution in [0.4, 0.5) is 0 Å². The molecule has 23 heavy (non-hydrogen) atoms. The Labute approximate surface area is 146 Å². The van der Waals surface area contributed by atoms with Gasteiger partial charge >= 0.3 is 0 Å². The van der Waals surface area contributed by atoms with Gasteiger partial charge in [-0.25, -0.2) is 0 Å². The van der Waals surface area contributed by atoms with Crippen molar-refractivity contribution in [3.8, 4) is 11.5 Å². The summed E-state index contributed by atoms with van der Waals surface area (Å²) in [6.45, 7) is 2.86. The Morgan fingerprint density at radius 1 is 1.00 bits per heavy atom. The van der Waals surface area contributed by atoms with E-state index in [1.165, 1.54) is 17.7 Å². The van der Waals surface area contributed by atoms with Gasteiger partial charge in [-0.05, 0) is 48.9 Å². The van der Waals surface area contributed by atoms with Crippen molar-refractivity contribution in [1.82, 2.24) is 0 Å². The molecule has 1 unspecified atom stereocenters. The van der Waals surface area contributed by atoms with Crippen molar-refractivity contribution in [2.75, 3.05) is 6.54 Å². The van der Waals surface area contributed by atoms with Crippen LogP contribution < -0.4 is 22.3 Å². The van der Waals surface area contributed by atoms with Gasteiger partial charge in [-0.3, -0.25) is 4.79 Å². The largest absolute Gasteiger partial charge is 1.00 e. The number of carbonyl (C=O) groups is 1. The Balaban J connectivity index is 0.00000264. The number of carbonyl (C=O) groups excluding carboxylic acids is 1. The van der Waals surface area contributed by atoms with E-state index >= 15 is 0 Å². The average molecular weight is 380 g/mol. The zero-order valence-corrected chi connectivity index (χ0v) is 14.7. The number of aromatic hydroxyl groups is 2. The molecule has 0 aromatic heterocycles. The molecule has 2 aromatic carbocycles. The van der Waals surface area contributed by atoms with Crippen LogP contribution in [-0.2, 0) is 6.42 Å². The minimum Gasteiger partial charge on any atom is -1.00 e. The summed E-state index contributed by atoms with van der Waals surface area (Å²) in [6, 6.07) is 14.0. The van der Waals surface area contributed by atoms with Crippen molar-refractivity contribution in [2.45, 2.75) is 25.8 Å². The van der Waals surface area contributed by atoms with Gasteiger partial charge in [0.2, 0.25) is 0 Å². The number of ketones is 1. The molecule has 0 saturated carbocycles. The van der Waals surface area contributed by atoms with Crippen LogP contribution in [0.1, 0.15) is 29.3 Å². The second kappa shape index (κ2) is 9.33. The maximum Gasteiger partial charge on any atom is 0.168 e.